The summed E-state index contributed by atoms with van der Waals surface area (Å²) in [6, 6.07) is 5.52. The van der Waals surface area contributed by atoms with E-state index in [2.05, 4.69) is 0 Å². The zero-order valence-corrected chi connectivity index (χ0v) is 6.70. The van der Waals surface area contributed by atoms with Crippen LogP contribution in [0, 0.1) is 13.8 Å². The molecule has 1 aromatic carbocycles. The minimum Gasteiger partial charge on any atom is -0.423 e. The van der Waals surface area contributed by atoms with Crippen molar-refractivity contribution >= 4 is 35.6 Å². The Balaban J connectivity index is 0.00000121. The van der Waals surface area contributed by atoms with Crippen molar-refractivity contribution in [1.29, 1.82) is 0 Å². The van der Waals surface area contributed by atoms with Crippen LogP contribution in [-0.2, 0) is 0 Å². The molecule has 62 valence electrons. The molecule has 0 saturated carbocycles. The Morgan fingerprint density at radius 1 is 1.00 bits per heavy atom. The van der Waals surface area contributed by atoms with Crippen LogP contribution in [0.15, 0.2) is 18.2 Å². The zero-order chi connectivity index (χ0) is 8.43. The van der Waals surface area contributed by atoms with Crippen LogP contribution in [-0.4, -0.2) is 40.2 Å². The second kappa shape index (κ2) is 4.87. The Kier molecular flexibility index (Phi) is 4.85. The van der Waals surface area contributed by atoms with Gasteiger partial charge in [0.25, 0.3) is 0 Å². The number of aryl methyl sites for hydroxylation is 2. The Bertz CT molecular complexity index is 243. The second-order valence-electron chi connectivity index (χ2n) is 2.79. The van der Waals surface area contributed by atoms with E-state index in [-0.39, 0.29) is 23.1 Å². The first-order valence-corrected chi connectivity index (χ1v) is 3.54. The lowest BCUT2D eigenvalue weighted by Crippen LogP contribution is -2.30. The molecule has 0 aliphatic heterocycles. The first kappa shape index (κ1) is 12.0. The van der Waals surface area contributed by atoms with Crippen LogP contribution in [0.4, 0.5) is 0 Å². The third-order valence-corrected chi connectivity index (χ3v) is 1.54. The summed E-state index contributed by atoms with van der Waals surface area (Å²) in [5.41, 5.74) is 2.66. The van der Waals surface area contributed by atoms with Gasteiger partial charge in [0.15, 0.2) is 0 Å². The molecule has 0 aliphatic rings. The molecule has 2 nitrogen and oxygen atoms in total. The second-order valence-corrected chi connectivity index (χ2v) is 2.79. The molecule has 12 heavy (non-hydrogen) atoms. The van der Waals surface area contributed by atoms with E-state index in [4.69, 9.17) is 10.0 Å². The van der Waals surface area contributed by atoms with E-state index in [1.165, 1.54) is 0 Å². The van der Waals surface area contributed by atoms with Gasteiger partial charge in [-0.3, -0.25) is 0 Å². The molecule has 0 unspecified atom stereocenters. The topological polar surface area (TPSA) is 40.5 Å². The van der Waals surface area contributed by atoms with E-state index in [1.54, 1.807) is 12.1 Å². The van der Waals surface area contributed by atoms with Crippen LogP contribution in [0.2, 0.25) is 0 Å². The molecular weight excluding hydrogens is 163 g/mol. The maximum absolute atomic E-state index is 8.83. The highest BCUT2D eigenvalue weighted by atomic mass is 24.3. The Morgan fingerprint density at radius 3 is 1.75 bits per heavy atom. The normalized spacial score (nSPS) is 9.00. The average molecular weight is 176 g/mol. The minimum atomic E-state index is -1.35. The van der Waals surface area contributed by atoms with Crippen molar-refractivity contribution in [3.05, 3.63) is 29.3 Å². The molecule has 0 spiro atoms. The molecule has 0 bridgehead atoms. The lowest BCUT2D eigenvalue weighted by Gasteiger charge is -2.02. The molecule has 0 aliphatic carbocycles. The van der Waals surface area contributed by atoms with Crippen molar-refractivity contribution in [1.82, 2.24) is 0 Å². The largest absolute Gasteiger partial charge is 0.488 e. The molecule has 0 fully saturated rings. The summed E-state index contributed by atoms with van der Waals surface area (Å²) < 4.78 is 0. The van der Waals surface area contributed by atoms with E-state index >= 15 is 0 Å². The van der Waals surface area contributed by atoms with E-state index in [0.29, 0.717) is 5.46 Å². The quantitative estimate of drug-likeness (QED) is 0.543. The average Bonchev–Trinajstić information content (AvgIpc) is 1.85. The fourth-order valence-corrected chi connectivity index (χ4v) is 1.16. The third kappa shape index (κ3) is 3.15. The smallest absolute Gasteiger partial charge is 0.423 e. The summed E-state index contributed by atoms with van der Waals surface area (Å²) in [6.45, 7) is 3.86. The van der Waals surface area contributed by atoms with Gasteiger partial charge >= 0.3 is 30.2 Å². The highest BCUT2D eigenvalue weighted by Gasteiger charge is 2.10. The fraction of sp³-hybridized carbons (Fsp3) is 0.250. The van der Waals surface area contributed by atoms with Crippen molar-refractivity contribution < 1.29 is 10.0 Å². The van der Waals surface area contributed by atoms with Crippen LogP contribution in [0.5, 0.6) is 0 Å². The minimum absolute atomic E-state index is 0. The first-order valence-electron chi connectivity index (χ1n) is 3.54. The van der Waals surface area contributed by atoms with Crippen LogP contribution in [0.25, 0.3) is 0 Å². The Morgan fingerprint density at radius 2 is 1.42 bits per heavy atom. The van der Waals surface area contributed by atoms with Crippen molar-refractivity contribution in [3.8, 4) is 0 Å². The summed E-state index contributed by atoms with van der Waals surface area (Å²) in [6.07, 6.45) is 0. The van der Waals surface area contributed by atoms with Gasteiger partial charge in [0.1, 0.15) is 0 Å². The Hall–Kier alpha value is -0.0288. The molecule has 0 heterocycles. The molecule has 0 saturated heterocycles. The summed E-state index contributed by atoms with van der Waals surface area (Å²) in [4.78, 5) is 0. The lowest BCUT2D eigenvalue weighted by atomic mass is 9.79. The predicted molar refractivity (Wildman–Crippen MR) is 54.3 cm³/mol. The van der Waals surface area contributed by atoms with Gasteiger partial charge in [0, 0.05) is 0 Å². The summed E-state index contributed by atoms with van der Waals surface area (Å²) in [5, 5.41) is 17.7. The fourth-order valence-electron chi connectivity index (χ4n) is 1.16. The number of benzene rings is 1. The zero-order valence-electron chi connectivity index (χ0n) is 6.70. The van der Waals surface area contributed by atoms with Gasteiger partial charge in [-0.1, -0.05) is 29.3 Å². The van der Waals surface area contributed by atoms with E-state index in [1.807, 2.05) is 19.9 Å². The lowest BCUT2D eigenvalue weighted by molar-refractivity contribution is 0.425. The van der Waals surface area contributed by atoms with E-state index in [9.17, 15) is 0 Å². The predicted octanol–water partition coefficient (Wildman–Crippen LogP) is -0.933. The van der Waals surface area contributed by atoms with Gasteiger partial charge < -0.3 is 10.0 Å². The van der Waals surface area contributed by atoms with Gasteiger partial charge in [0.2, 0.25) is 0 Å². The molecule has 0 radical (unpaired) electrons. The monoisotopic (exact) mass is 176 g/mol. The van der Waals surface area contributed by atoms with E-state index in [0.717, 1.165) is 11.1 Å². The van der Waals surface area contributed by atoms with Gasteiger partial charge in [-0.2, -0.15) is 0 Å². The number of hydrogen-bond acceptors (Lipinski definition) is 2. The molecule has 0 aromatic heterocycles. The third-order valence-electron chi connectivity index (χ3n) is 1.54. The standard InChI is InChI=1S/C8H11BO2.Mg.2H/c1-6-3-7(2)5-8(4-6)9(10)11;;;/h3-5,10-11H,1-2H3;;;. The highest BCUT2D eigenvalue weighted by Crippen LogP contribution is 1.99. The van der Waals surface area contributed by atoms with Crippen LogP contribution >= 0.6 is 0 Å². The van der Waals surface area contributed by atoms with Crippen molar-refractivity contribution in [2.75, 3.05) is 0 Å². The molecule has 2 N–H and O–H groups in total. The first-order chi connectivity index (χ1) is 5.09. The molecule has 1 rings (SSSR count). The van der Waals surface area contributed by atoms with Gasteiger partial charge in [0.05, 0.1) is 0 Å². The Labute approximate surface area is 88.9 Å². The highest BCUT2D eigenvalue weighted by molar-refractivity contribution is 6.58. The van der Waals surface area contributed by atoms with Gasteiger partial charge in [-0.05, 0) is 19.3 Å². The molecule has 1 aromatic rings. The van der Waals surface area contributed by atoms with Crippen molar-refractivity contribution in [3.63, 3.8) is 0 Å². The van der Waals surface area contributed by atoms with Crippen LogP contribution in [0.3, 0.4) is 0 Å². The summed E-state index contributed by atoms with van der Waals surface area (Å²) in [7, 11) is -1.35. The SMILES string of the molecule is Cc1cc(C)cc(B(O)O)c1.[MgH2]. The molecular formula is C8H13BMgO2. The maximum atomic E-state index is 8.83. The van der Waals surface area contributed by atoms with Crippen molar-refractivity contribution in [2.45, 2.75) is 13.8 Å². The molecule has 0 amide bonds. The van der Waals surface area contributed by atoms with Crippen molar-refractivity contribution in [2.24, 2.45) is 0 Å². The molecule has 0 atom stereocenters. The van der Waals surface area contributed by atoms with Gasteiger partial charge in [-0.25, -0.2) is 0 Å². The number of hydrogen-bond donors (Lipinski definition) is 2. The summed E-state index contributed by atoms with van der Waals surface area (Å²) >= 11 is 0. The van der Waals surface area contributed by atoms with E-state index < -0.39 is 7.12 Å². The van der Waals surface area contributed by atoms with Crippen LogP contribution < -0.4 is 5.46 Å². The summed E-state index contributed by atoms with van der Waals surface area (Å²) in [5.74, 6) is 0. The maximum Gasteiger partial charge on any atom is 0.488 e. The number of rotatable bonds is 1. The van der Waals surface area contributed by atoms with Crippen LogP contribution in [0.1, 0.15) is 11.1 Å². The molecule has 4 heteroatoms. The van der Waals surface area contributed by atoms with Gasteiger partial charge in [-0.15, -0.1) is 0 Å².